The Labute approximate surface area is 134 Å². The van der Waals surface area contributed by atoms with Gasteiger partial charge in [-0.15, -0.1) is 0 Å². The van der Waals surface area contributed by atoms with Crippen molar-refractivity contribution in [3.63, 3.8) is 0 Å². The molecule has 2 atom stereocenters. The van der Waals surface area contributed by atoms with Gasteiger partial charge in [-0.25, -0.2) is 0 Å². The summed E-state index contributed by atoms with van der Waals surface area (Å²) in [6.07, 6.45) is 7.18. The summed E-state index contributed by atoms with van der Waals surface area (Å²) in [5.74, 6) is 0.509. The first-order chi connectivity index (χ1) is 9.60. The Bertz CT molecular complexity index is 487. The molecule has 0 aromatic heterocycles. The molecule has 1 aliphatic carbocycles. The van der Waals surface area contributed by atoms with E-state index in [-0.39, 0.29) is 11.6 Å². The second-order valence-corrected chi connectivity index (χ2v) is 7.45. The molecule has 1 saturated carbocycles. The second-order valence-electron chi connectivity index (χ2n) is 6.19. The fourth-order valence-corrected chi connectivity index (χ4v) is 4.25. The standard InChI is InChI=1S/C16H21BrClNO/c17-13-9-11(3-4-14(13)18)15(19)12-5-8-20-16(10-12)6-1-2-7-16/h3-4,9,12,15H,1-2,5-8,10,19H2. The molecule has 1 aromatic carbocycles. The van der Waals surface area contributed by atoms with E-state index in [1.54, 1.807) is 0 Å². The van der Waals surface area contributed by atoms with Gasteiger partial charge in [0.05, 0.1) is 10.6 Å². The smallest absolute Gasteiger partial charge is 0.0685 e. The molecule has 110 valence electrons. The van der Waals surface area contributed by atoms with Gasteiger partial charge in [-0.05, 0) is 65.2 Å². The van der Waals surface area contributed by atoms with Crippen LogP contribution in [0.2, 0.25) is 5.02 Å². The highest BCUT2D eigenvalue weighted by molar-refractivity contribution is 9.10. The van der Waals surface area contributed by atoms with E-state index in [0.29, 0.717) is 5.92 Å². The lowest BCUT2D eigenvalue weighted by Gasteiger charge is -2.40. The topological polar surface area (TPSA) is 35.2 Å². The van der Waals surface area contributed by atoms with Crippen LogP contribution in [-0.2, 0) is 4.74 Å². The van der Waals surface area contributed by atoms with Crippen molar-refractivity contribution in [2.24, 2.45) is 11.7 Å². The van der Waals surface area contributed by atoms with Crippen molar-refractivity contribution in [3.8, 4) is 0 Å². The van der Waals surface area contributed by atoms with E-state index < -0.39 is 0 Å². The number of ether oxygens (including phenoxy) is 1. The molecule has 4 heteroatoms. The summed E-state index contributed by atoms with van der Waals surface area (Å²) in [5, 5.41) is 0.736. The fraction of sp³-hybridized carbons (Fsp3) is 0.625. The first-order valence-corrected chi connectivity index (χ1v) is 8.61. The number of halogens is 2. The molecule has 0 bridgehead atoms. The van der Waals surface area contributed by atoms with Gasteiger partial charge < -0.3 is 10.5 Å². The van der Waals surface area contributed by atoms with Crippen LogP contribution in [0.4, 0.5) is 0 Å². The number of rotatable bonds is 2. The molecule has 1 aromatic rings. The lowest BCUT2D eigenvalue weighted by Crippen LogP contribution is -2.40. The molecule has 1 spiro atoms. The van der Waals surface area contributed by atoms with Crippen LogP contribution in [0.25, 0.3) is 0 Å². The minimum Gasteiger partial charge on any atom is -0.375 e. The van der Waals surface area contributed by atoms with Crippen molar-refractivity contribution in [2.75, 3.05) is 6.61 Å². The number of hydrogen-bond acceptors (Lipinski definition) is 2. The number of benzene rings is 1. The van der Waals surface area contributed by atoms with Crippen LogP contribution in [-0.4, -0.2) is 12.2 Å². The molecule has 20 heavy (non-hydrogen) atoms. The SMILES string of the molecule is NC(c1ccc(Cl)c(Br)c1)C1CCOC2(CCCC2)C1. The molecule has 0 radical (unpaired) electrons. The maximum atomic E-state index is 6.52. The van der Waals surface area contributed by atoms with Crippen LogP contribution in [0.3, 0.4) is 0 Å². The lowest BCUT2D eigenvalue weighted by atomic mass is 9.79. The third-order valence-electron chi connectivity index (χ3n) is 4.88. The quantitative estimate of drug-likeness (QED) is 0.821. The van der Waals surface area contributed by atoms with Gasteiger partial charge in [0.2, 0.25) is 0 Å². The molecule has 0 amide bonds. The van der Waals surface area contributed by atoms with E-state index >= 15 is 0 Å². The van der Waals surface area contributed by atoms with Gasteiger partial charge >= 0.3 is 0 Å². The third-order valence-corrected chi connectivity index (χ3v) is 6.10. The Balaban J connectivity index is 1.75. The highest BCUT2D eigenvalue weighted by Gasteiger charge is 2.41. The Kier molecular flexibility index (Phi) is 4.42. The summed E-state index contributed by atoms with van der Waals surface area (Å²) in [6.45, 7) is 0.854. The molecule has 1 saturated heterocycles. The molecular weight excluding hydrogens is 338 g/mol. The minimum absolute atomic E-state index is 0.0740. The monoisotopic (exact) mass is 357 g/mol. The molecule has 2 unspecified atom stereocenters. The van der Waals surface area contributed by atoms with E-state index in [2.05, 4.69) is 28.1 Å². The zero-order valence-corrected chi connectivity index (χ0v) is 13.9. The predicted molar refractivity (Wildman–Crippen MR) is 86.0 cm³/mol. The van der Waals surface area contributed by atoms with Crippen LogP contribution in [0.5, 0.6) is 0 Å². The van der Waals surface area contributed by atoms with Crippen LogP contribution in [0, 0.1) is 5.92 Å². The zero-order chi connectivity index (χ0) is 14.2. The van der Waals surface area contributed by atoms with Crippen molar-refractivity contribution in [2.45, 2.75) is 50.2 Å². The largest absolute Gasteiger partial charge is 0.375 e. The Morgan fingerprint density at radius 1 is 1.35 bits per heavy atom. The van der Waals surface area contributed by atoms with Crippen molar-refractivity contribution >= 4 is 27.5 Å². The van der Waals surface area contributed by atoms with Crippen LogP contribution >= 0.6 is 27.5 Å². The van der Waals surface area contributed by atoms with Gasteiger partial charge in [0.15, 0.2) is 0 Å². The molecule has 3 rings (SSSR count). The van der Waals surface area contributed by atoms with E-state index in [1.807, 2.05) is 6.07 Å². The maximum Gasteiger partial charge on any atom is 0.0685 e. The molecule has 2 fully saturated rings. The van der Waals surface area contributed by atoms with Crippen molar-refractivity contribution in [3.05, 3.63) is 33.3 Å². The van der Waals surface area contributed by atoms with E-state index in [9.17, 15) is 0 Å². The van der Waals surface area contributed by atoms with Crippen molar-refractivity contribution < 1.29 is 4.74 Å². The second kappa shape index (κ2) is 5.96. The van der Waals surface area contributed by atoms with E-state index in [4.69, 9.17) is 22.1 Å². The molecule has 2 N–H and O–H groups in total. The third kappa shape index (κ3) is 2.92. The van der Waals surface area contributed by atoms with Gasteiger partial charge in [0.1, 0.15) is 0 Å². The minimum atomic E-state index is 0.0740. The Morgan fingerprint density at radius 2 is 2.10 bits per heavy atom. The van der Waals surface area contributed by atoms with Gasteiger partial charge in [0.25, 0.3) is 0 Å². The first kappa shape index (κ1) is 14.8. The fourth-order valence-electron chi connectivity index (χ4n) is 3.73. The molecule has 2 nitrogen and oxygen atoms in total. The average molecular weight is 359 g/mol. The first-order valence-electron chi connectivity index (χ1n) is 7.44. The van der Waals surface area contributed by atoms with Crippen LogP contribution in [0.1, 0.15) is 50.1 Å². The molecule has 1 aliphatic heterocycles. The van der Waals surface area contributed by atoms with Crippen molar-refractivity contribution in [1.29, 1.82) is 0 Å². The van der Waals surface area contributed by atoms with Gasteiger partial charge in [-0.3, -0.25) is 0 Å². The van der Waals surface area contributed by atoms with Gasteiger partial charge in [-0.2, -0.15) is 0 Å². The number of hydrogen-bond donors (Lipinski definition) is 1. The highest BCUT2D eigenvalue weighted by Crippen LogP contribution is 2.45. The normalized spacial score (nSPS) is 26.9. The summed E-state index contributed by atoms with van der Waals surface area (Å²) in [5.41, 5.74) is 7.82. The van der Waals surface area contributed by atoms with E-state index in [0.717, 1.165) is 28.9 Å². The van der Waals surface area contributed by atoms with Crippen LogP contribution in [0.15, 0.2) is 22.7 Å². The number of nitrogens with two attached hydrogens (primary N) is 1. The summed E-state index contributed by atoms with van der Waals surface area (Å²) in [7, 11) is 0. The highest BCUT2D eigenvalue weighted by atomic mass is 79.9. The average Bonchev–Trinajstić information content (AvgIpc) is 2.89. The lowest BCUT2D eigenvalue weighted by molar-refractivity contribution is -0.0963. The molecular formula is C16H21BrClNO. The van der Waals surface area contributed by atoms with E-state index in [1.165, 1.54) is 31.2 Å². The summed E-state index contributed by atoms with van der Waals surface area (Å²) < 4.78 is 7.03. The molecule has 2 aliphatic rings. The Hall–Kier alpha value is -0.0900. The van der Waals surface area contributed by atoms with Gasteiger partial charge in [-0.1, -0.05) is 30.5 Å². The van der Waals surface area contributed by atoms with Crippen LogP contribution < -0.4 is 5.73 Å². The zero-order valence-electron chi connectivity index (χ0n) is 11.6. The van der Waals surface area contributed by atoms with Crippen molar-refractivity contribution in [1.82, 2.24) is 0 Å². The predicted octanol–water partition coefficient (Wildman–Crippen LogP) is 4.84. The maximum absolute atomic E-state index is 6.52. The summed E-state index contributed by atoms with van der Waals surface area (Å²) in [6, 6.07) is 6.11. The molecule has 1 heterocycles. The Morgan fingerprint density at radius 3 is 2.80 bits per heavy atom. The summed E-state index contributed by atoms with van der Waals surface area (Å²) in [4.78, 5) is 0. The van der Waals surface area contributed by atoms with Gasteiger partial charge in [0, 0.05) is 17.1 Å². The summed E-state index contributed by atoms with van der Waals surface area (Å²) >= 11 is 9.55.